The molecule has 98 valence electrons. The van der Waals surface area contributed by atoms with Gasteiger partial charge >= 0.3 is 5.97 Å². The Morgan fingerprint density at radius 3 is 2.74 bits per heavy atom. The van der Waals surface area contributed by atoms with Gasteiger partial charge in [0.25, 0.3) is 0 Å². The van der Waals surface area contributed by atoms with Crippen molar-refractivity contribution in [3.8, 4) is 0 Å². The maximum absolute atomic E-state index is 11.5. The van der Waals surface area contributed by atoms with E-state index >= 15 is 0 Å². The average molecular weight is 276 g/mol. The van der Waals surface area contributed by atoms with Crippen LogP contribution < -0.4 is 0 Å². The molecular formula is C15H14ClNO2. The summed E-state index contributed by atoms with van der Waals surface area (Å²) in [6, 6.07) is 9.00. The topological polar surface area (TPSA) is 50.2 Å². The van der Waals surface area contributed by atoms with Crippen LogP contribution in [0.3, 0.4) is 0 Å². The van der Waals surface area contributed by atoms with Crippen LogP contribution in [0.5, 0.6) is 0 Å². The van der Waals surface area contributed by atoms with Crippen molar-refractivity contribution in [1.82, 2.24) is 4.98 Å². The van der Waals surface area contributed by atoms with Gasteiger partial charge in [-0.1, -0.05) is 35.9 Å². The normalized spacial score (nSPS) is 12.1. The highest BCUT2D eigenvalue weighted by molar-refractivity contribution is 6.31. The van der Waals surface area contributed by atoms with E-state index in [1.807, 2.05) is 13.0 Å². The number of carboxylic acids is 1. The summed E-state index contributed by atoms with van der Waals surface area (Å²) in [7, 11) is 0. The number of hydrogen-bond donors (Lipinski definition) is 1. The van der Waals surface area contributed by atoms with Crippen LogP contribution in [0.4, 0.5) is 0 Å². The number of aromatic nitrogens is 1. The molecule has 1 unspecified atom stereocenters. The number of halogens is 1. The second-order valence-corrected chi connectivity index (χ2v) is 4.89. The molecule has 0 aliphatic heterocycles. The minimum Gasteiger partial charge on any atom is -0.481 e. The van der Waals surface area contributed by atoms with E-state index in [1.54, 1.807) is 36.7 Å². The highest BCUT2D eigenvalue weighted by Gasteiger charge is 2.22. The monoisotopic (exact) mass is 275 g/mol. The third-order valence-corrected chi connectivity index (χ3v) is 3.29. The Kier molecular flexibility index (Phi) is 4.17. The van der Waals surface area contributed by atoms with Gasteiger partial charge in [0.2, 0.25) is 0 Å². The molecule has 0 aliphatic rings. The lowest BCUT2D eigenvalue weighted by atomic mass is 9.92. The van der Waals surface area contributed by atoms with Crippen molar-refractivity contribution in [1.29, 1.82) is 0 Å². The molecule has 0 radical (unpaired) electrons. The van der Waals surface area contributed by atoms with Gasteiger partial charge in [0.05, 0.1) is 5.92 Å². The SMILES string of the molecule is Cc1cncc(CC(C(=O)O)c2ccccc2Cl)c1. The van der Waals surface area contributed by atoms with Gasteiger partial charge in [-0.05, 0) is 36.1 Å². The fourth-order valence-corrected chi connectivity index (χ4v) is 2.32. The van der Waals surface area contributed by atoms with Gasteiger partial charge in [-0.2, -0.15) is 0 Å². The Bertz CT molecular complexity index is 598. The molecule has 1 aromatic heterocycles. The third-order valence-electron chi connectivity index (χ3n) is 2.95. The zero-order chi connectivity index (χ0) is 13.8. The number of aliphatic carboxylic acids is 1. The van der Waals surface area contributed by atoms with E-state index < -0.39 is 11.9 Å². The summed E-state index contributed by atoms with van der Waals surface area (Å²) in [5.74, 6) is -1.54. The summed E-state index contributed by atoms with van der Waals surface area (Å²) >= 11 is 6.08. The van der Waals surface area contributed by atoms with Gasteiger partial charge in [-0.3, -0.25) is 9.78 Å². The standard InChI is InChI=1S/C15H14ClNO2/c1-10-6-11(9-17-8-10)7-13(15(18)19)12-4-2-3-5-14(12)16/h2-6,8-9,13H,7H2,1H3,(H,18,19). The maximum Gasteiger partial charge on any atom is 0.311 e. The van der Waals surface area contributed by atoms with Crippen molar-refractivity contribution in [2.75, 3.05) is 0 Å². The van der Waals surface area contributed by atoms with Crippen LogP contribution in [0.15, 0.2) is 42.7 Å². The first kappa shape index (κ1) is 13.6. The first-order valence-corrected chi connectivity index (χ1v) is 6.33. The molecule has 19 heavy (non-hydrogen) atoms. The van der Waals surface area contributed by atoms with Crippen molar-refractivity contribution in [2.24, 2.45) is 0 Å². The lowest BCUT2D eigenvalue weighted by Gasteiger charge is -2.14. The summed E-state index contributed by atoms with van der Waals surface area (Å²) in [4.78, 5) is 15.5. The van der Waals surface area contributed by atoms with Crippen LogP contribution >= 0.6 is 11.6 Å². The molecule has 2 rings (SSSR count). The van der Waals surface area contributed by atoms with Gasteiger partial charge in [0, 0.05) is 17.4 Å². The number of aryl methyl sites for hydroxylation is 1. The summed E-state index contributed by atoms with van der Waals surface area (Å²) in [5.41, 5.74) is 2.55. The van der Waals surface area contributed by atoms with Crippen LogP contribution in [0.25, 0.3) is 0 Å². The number of benzene rings is 1. The van der Waals surface area contributed by atoms with E-state index in [9.17, 15) is 9.90 Å². The predicted molar refractivity (Wildman–Crippen MR) is 74.5 cm³/mol. The molecule has 3 nitrogen and oxygen atoms in total. The van der Waals surface area contributed by atoms with Crippen molar-refractivity contribution < 1.29 is 9.90 Å². The highest BCUT2D eigenvalue weighted by atomic mass is 35.5. The third kappa shape index (κ3) is 3.32. The lowest BCUT2D eigenvalue weighted by Crippen LogP contribution is -2.15. The lowest BCUT2D eigenvalue weighted by molar-refractivity contribution is -0.138. The number of nitrogens with zero attached hydrogens (tertiary/aromatic N) is 1. The number of rotatable bonds is 4. The van der Waals surface area contributed by atoms with E-state index in [0.717, 1.165) is 11.1 Å². The van der Waals surface area contributed by atoms with Crippen LogP contribution in [0.1, 0.15) is 22.6 Å². The molecule has 1 N–H and O–H groups in total. The van der Waals surface area contributed by atoms with E-state index in [4.69, 9.17) is 11.6 Å². The number of carbonyl (C=O) groups is 1. The molecule has 1 atom stereocenters. The zero-order valence-electron chi connectivity index (χ0n) is 10.5. The number of carboxylic acid groups (broad SMARTS) is 1. The maximum atomic E-state index is 11.5. The minimum absolute atomic E-state index is 0.383. The summed E-state index contributed by atoms with van der Waals surface area (Å²) < 4.78 is 0. The largest absolute Gasteiger partial charge is 0.481 e. The molecule has 0 fully saturated rings. The predicted octanol–water partition coefficient (Wildman–Crippen LogP) is 3.45. The Labute approximate surface area is 116 Å². The molecule has 1 aromatic carbocycles. The average Bonchev–Trinajstić information content (AvgIpc) is 2.37. The van der Waals surface area contributed by atoms with E-state index in [-0.39, 0.29) is 0 Å². The van der Waals surface area contributed by atoms with Gasteiger partial charge in [-0.15, -0.1) is 0 Å². The van der Waals surface area contributed by atoms with Crippen molar-refractivity contribution >= 4 is 17.6 Å². The molecule has 1 heterocycles. The van der Waals surface area contributed by atoms with Crippen LogP contribution in [-0.2, 0) is 11.2 Å². The number of hydrogen-bond acceptors (Lipinski definition) is 2. The first-order chi connectivity index (χ1) is 9.08. The smallest absolute Gasteiger partial charge is 0.311 e. The van der Waals surface area contributed by atoms with Gasteiger partial charge < -0.3 is 5.11 Å². The summed E-state index contributed by atoms with van der Waals surface area (Å²) in [6.07, 6.45) is 3.82. The molecule has 2 aromatic rings. The van der Waals surface area contributed by atoms with Crippen molar-refractivity contribution in [3.63, 3.8) is 0 Å². The Balaban J connectivity index is 2.32. The Hall–Kier alpha value is -1.87. The van der Waals surface area contributed by atoms with E-state index in [1.165, 1.54) is 0 Å². The first-order valence-electron chi connectivity index (χ1n) is 5.95. The molecule has 0 amide bonds. The molecule has 0 bridgehead atoms. The molecule has 4 heteroatoms. The van der Waals surface area contributed by atoms with Gasteiger partial charge in [0.1, 0.15) is 0 Å². The van der Waals surface area contributed by atoms with Crippen LogP contribution in [-0.4, -0.2) is 16.1 Å². The summed E-state index contributed by atoms with van der Waals surface area (Å²) in [5, 5.41) is 9.88. The number of pyridine rings is 1. The quantitative estimate of drug-likeness (QED) is 0.930. The van der Waals surface area contributed by atoms with Gasteiger partial charge in [-0.25, -0.2) is 0 Å². The second kappa shape index (κ2) is 5.85. The summed E-state index contributed by atoms with van der Waals surface area (Å²) in [6.45, 7) is 1.93. The fourth-order valence-electron chi connectivity index (χ4n) is 2.05. The fraction of sp³-hybridized carbons (Fsp3) is 0.200. The van der Waals surface area contributed by atoms with Crippen LogP contribution in [0.2, 0.25) is 5.02 Å². The molecule has 0 saturated heterocycles. The Morgan fingerprint density at radius 1 is 1.37 bits per heavy atom. The zero-order valence-corrected chi connectivity index (χ0v) is 11.3. The van der Waals surface area contributed by atoms with Crippen molar-refractivity contribution in [3.05, 3.63) is 64.4 Å². The second-order valence-electron chi connectivity index (χ2n) is 4.49. The molecular weight excluding hydrogens is 262 g/mol. The van der Waals surface area contributed by atoms with Crippen LogP contribution in [0, 0.1) is 6.92 Å². The van der Waals surface area contributed by atoms with E-state index in [2.05, 4.69) is 4.98 Å². The van der Waals surface area contributed by atoms with Gasteiger partial charge in [0.15, 0.2) is 0 Å². The van der Waals surface area contributed by atoms with E-state index in [0.29, 0.717) is 17.0 Å². The highest BCUT2D eigenvalue weighted by Crippen LogP contribution is 2.27. The Morgan fingerprint density at radius 2 is 2.11 bits per heavy atom. The van der Waals surface area contributed by atoms with Crippen molar-refractivity contribution in [2.45, 2.75) is 19.3 Å². The molecule has 0 aliphatic carbocycles. The minimum atomic E-state index is -0.880. The molecule has 0 spiro atoms. The molecule has 0 saturated carbocycles.